The van der Waals surface area contributed by atoms with Crippen LogP contribution in [0.2, 0.25) is 0 Å². The fourth-order valence-corrected chi connectivity index (χ4v) is 3.21. The molecule has 1 heterocycles. The zero-order valence-corrected chi connectivity index (χ0v) is 19.1. The summed E-state index contributed by atoms with van der Waals surface area (Å²) in [6.07, 6.45) is 3.67. The van der Waals surface area contributed by atoms with Gasteiger partial charge in [-0.05, 0) is 24.6 Å². The monoisotopic (exact) mass is 526 g/mol. The van der Waals surface area contributed by atoms with Crippen LogP contribution in [0.25, 0.3) is 0 Å². The predicted molar refractivity (Wildman–Crippen MR) is 118 cm³/mol. The fourth-order valence-electron chi connectivity index (χ4n) is 2.35. The van der Waals surface area contributed by atoms with E-state index in [0.29, 0.717) is 23.8 Å². The Balaban J connectivity index is 0.00000392. The molecule has 0 spiro atoms. The molecule has 1 aromatic heterocycles. The highest BCUT2D eigenvalue weighted by Crippen LogP contribution is 2.25. The van der Waals surface area contributed by atoms with E-state index in [1.165, 1.54) is 18.1 Å². The summed E-state index contributed by atoms with van der Waals surface area (Å²) in [7, 11) is 3.17. The molecule has 10 heteroatoms. The van der Waals surface area contributed by atoms with Crippen LogP contribution in [0.4, 0.5) is 8.78 Å². The van der Waals surface area contributed by atoms with Crippen molar-refractivity contribution < 1.29 is 18.3 Å². The lowest BCUT2D eigenvalue weighted by Crippen LogP contribution is -2.38. The number of hydrogen-bond donors (Lipinski definition) is 2. The lowest BCUT2D eigenvalue weighted by Gasteiger charge is -2.15. The van der Waals surface area contributed by atoms with Crippen LogP contribution in [0.1, 0.15) is 22.4 Å². The van der Waals surface area contributed by atoms with E-state index in [-0.39, 0.29) is 36.3 Å². The standard InChI is InChI=1S/C18H24F2N4O2S.HI/c1-4-14-11-23-16(27-14)7-8-22-18(21-2)24-10-12-9-13(25-3)5-6-15(12)26-17(19)20;/h5-6,9,11,17H,4,7-8,10H2,1-3H3,(H2,21,22,24);1H. The van der Waals surface area contributed by atoms with Crippen LogP contribution in [0, 0.1) is 0 Å². The van der Waals surface area contributed by atoms with E-state index in [4.69, 9.17) is 4.74 Å². The molecule has 0 aliphatic rings. The molecule has 28 heavy (non-hydrogen) atoms. The first-order valence-corrected chi connectivity index (χ1v) is 9.37. The number of aliphatic imine (C=N–C) groups is 1. The number of nitrogens with one attached hydrogen (secondary N) is 2. The first-order valence-electron chi connectivity index (χ1n) is 8.55. The Morgan fingerprint density at radius 2 is 2.11 bits per heavy atom. The average Bonchev–Trinajstić information content (AvgIpc) is 3.13. The molecule has 0 radical (unpaired) electrons. The fraction of sp³-hybridized carbons (Fsp3) is 0.444. The van der Waals surface area contributed by atoms with Crippen LogP contribution >= 0.6 is 35.3 Å². The van der Waals surface area contributed by atoms with Crippen LogP contribution in [-0.4, -0.2) is 38.3 Å². The van der Waals surface area contributed by atoms with Gasteiger partial charge in [0.1, 0.15) is 11.5 Å². The minimum absolute atomic E-state index is 0. The molecule has 0 aliphatic carbocycles. The van der Waals surface area contributed by atoms with E-state index in [9.17, 15) is 8.78 Å². The number of halogens is 3. The summed E-state index contributed by atoms with van der Waals surface area (Å²) < 4.78 is 34.9. The van der Waals surface area contributed by atoms with Crippen LogP contribution in [-0.2, 0) is 19.4 Å². The molecule has 2 aromatic rings. The lowest BCUT2D eigenvalue weighted by atomic mass is 10.2. The second-order valence-electron chi connectivity index (χ2n) is 5.53. The Morgan fingerprint density at radius 1 is 1.32 bits per heavy atom. The van der Waals surface area contributed by atoms with Crippen molar-refractivity contribution in [1.29, 1.82) is 0 Å². The van der Waals surface area contributed by atoms with Crippen molar-refractivity contribution >= 4 is 41.3 Å². The molecule has 0 saturated heterocycles. The third-order valence-corrected chi connectivity index (χ3v) is 4.94. The van der Waals surface area contributed by atoms with Gasteiger partial charge in [-0.2, -0.15) is 8.78 Å². The molecule has 0 bridgehead atoms. The van der Waals surface area contributed by atoms with Crippen molar-refractivity contribution in [2.75, 3.05) is 20.7 Å². The lowest BCUT2D eigenvalue weighted by molar-refractivity contribution is -0.0504. The second-order valence-corrected chi connectivity index (χ2v) is 6.73. The van der Waals surface area contributed by atoms with E-state index in [1.54, 1.807) is 30.5 Å². The number of rotatable bonds is 9. The largest absolute Gasteiger partial charge is 0.497 e. The quantitative estimate of drug-likeness (QED) is 0.296. The molecule has 0 saturated carbocycles. The number of hydrogen-bond acceptors (Lipinski definition) is 5. The highest BCUT2D eigenvalue weighted by molar-refractivity contribution is 14.0. The molecule has 0 amide bonds. The molecule has 0 aliphatic heterocycles. The van der Waals surface area contributed by atoms with Gasteiger partial charge in [0.05, 0.1) is 12.1 Å². The number of thiazole rings is 1. The topological polar surface area (TPSA) is 67.8 Å². The molecule has 0 fully saturated rings. The zero-order valence-electron chi connectivity index (χ0n) is 16.0. The second kappa shape index (κ2) is 12.7. The third-order valence-electron chi connectivity index (χ3n) is 3.73. The van der Waals surface area contributed by atoms with Gasteiger partial charge in [0.2, 0.25) is 0 Å². The summed E-state index contributed by atoms with van der Waals surface area (Å²) in [5.74, 6) is 1.23. The SMILES string of the molecule is CCc1cnc(CCNC(=NC)NCc2cc(OC)ccc2OC(F)F)s1.I. The molecule has 156 valence electrons. The van der Waals surface area contributed by atoms with Crippen molar-refractivity contribution in [2.45, 2.75) is 32.9 Å². The summed E-state index contributed by atoms with van der Waals surface area (Å²) in [6.45, 7) is 0.137. The van der Waals surface area contributed by atoms with Crippen LogP contribution in [0.15, 0.2) is 29.4 Å². The van der Waals surface area contributed by atoms with E-state index in [1.807, 2.05) is 6.20 Å². The highest BCUT2D eigenvalue weighted by atomic mass is 127. The first-order chi connectivity index (χ1) is 13.0. The molecular formula is C18H25F2IN4O2S. The zero-order chi connectivity index (χ0) is 19.6. The van der Waals surface area contributed by atoms with Gasteiger partial charge in [-0.1, -0.05) is 6.92 Å². The van der Waals surface area contributed by atoms with Gasteiger partial charge in [-0.3, -0.25) is 4.99 Å². The Morgan fingerprint density at radius 3 is 2.71 bits per heavy atom. The third kappa shape index (κ3) is 7.74. The summed E-state index contributed by atoms with van der Waals surface area (Å²) in [5, 5.41) is 7.35. The number of aryl methyl sites for hydroxylation is 1. The number of guanidine groups is 1. The van der Waals surface area contributed by atoms with Crippen molar-refractivity contribution in [3.05, 3.63) is 39.8 Å². The maximum absolute atomic E-state index is 12.6. The molecule has 0 atom stereocenters. The van der Waals surface area contributed by atoms with Crippen molar-refractivity contribution in [3.63, 3.8) is 0 Å². The molecule has 1 aromatic carbocycles. The van der Waals surface area contributed by atoms with Gasteiger partial charge >= 0.3 is 6.61 Å². The van der Waals surface area contributed by atoms with Crippen molar-refractivity contribution in [1.82, 2.24) is 15.6 Å². The smallest absolute Gasteiger partial charge is 0.387 e. The first kappa shape index (κ1) is 24.3. The number of ether oxygens (including phenoxy) is 2. The van der Waals surface area contributed by atoms with Gasteiger partial charge in [0.25, 0.3) is 0 Å². The van der Waals surface area contributed by atoms with E-state index in [2.05, 4.69) is 32.3 Å². The summed E-state index contributed by atoms with van der Waals surface area (Å²) in [4.78, 5) is 9.79. The average molecular weight is 526 g/mol. The number of benzene rings is 1. The number of nitrogens with zero attached hydrogens (tertiary/aromatic N) is 2. The minimum Gasteiger partial charge on any atom is -0.497 e. The molecule has 6 nitrogen and oxygen atoms in total. The molecular weight excluding hydrogens is 501 g/mol. The van der Waals surface area contributed by atoms with Gasteiger partial charge in [0.15, 0.2) is 5.96 Å². The van der Waals surface area contributed by atoms with Crippen molar-refractivity contribution in [3.8, 4) is 11.5 Å². The Bertz CT molecular complexity index is 759. The normalized spacial score (nSPS) is 11.1. The van der Waals surface area contributed by atoms with Gasteiger partial charge < -0.3 is 20.1 Å². The van der Waals surface area contributed by atoms with Crippen LogP contribution in [0.5, 0.6) is 11.5 Å². The summed E-state index contributed by atoms with van der Waals surface area (Å²) in [6, 6.07) is 4.69. The number of alkyl halides is 2. The van der Waals surface area contributed by atoms with Crippen LogP contribution < -0.4 is 20.1 Å². The molecule has 2 N–H and O–H groups in total. The summed E-state index contributed by atoms with van der Waals surface area (Å²) >= 11 is 1.70. The Hall–Kier alpha value is -1.69. The predicted octanol–water partition coefficient (Wildman–Crippen LogP) is 3.84. The van der Waals surface area contributed by atoms with Gasteiger partial charge in [0, 0.05) is 43.2 Å². The van der Waals surface area contributed by atoms with Gasteiger partial charge in [-0.25, -0.2) is 4.98 Å². The minimum atomic E-state index is -2.89. The maximum Gasteiger partial charge on any atom is 0.387 e. The number of aromatic nitrogens is 1. The Kier molecular flexibility index (Phi) is 11.0. The van der Waals surface area contributed by atoms with Gasteiger partial charge in [-0.15, -0.1) is 35.3 Å². The molecule has 0 unspecified atom stereocenters. The van der Waals surface area contributed by atoms with E-state index < -0.39 is 6.61 Å². The Labute approximate surface area is 184 Å². The summed E-state index contributed by atoms with van der Waals surface area (Å²) in [5.41, 5.74) is 0.546. The molecule has 2 rings (SSSR count). The van der Waals surface area contributed by atoms with Crippen LogP contribution in [0.3, 0.4) is 0 Å². The highest BCUT2D eigenvalue weighted by Gasteiger charge is 2.11. The van der Waals surface area contributed by atoms with Crippen molar-refractivity contribution in [2.24, 2.45) is 4.99 Å². The van der Waals surface area contributed by atoms with E-state index in [0.717, 1.165) is 17.8 Å². The maximum atomic E-state index is 12.6. The number of methoxy groups -OCH3 is 1. The van der Waals surface area contributed by atoms with E-state index >= 15 is 0 Å².